The molecule has 0 aromatic carbocycles. The van der Waals surface area contributed by atoms with E-state index >= 15 is 0 Å². The van der Waals surface area contributed by atoms with Crippen molar-refractivity contribution in [2.75, 3.05) is 6.54 Å². The molecule has 0 bridgehead atoms. The lowest BCUT2D eigenvalue weighted by molar-refractivity contribution is 0.0946. The lowest BCUT2D eigenvalue weighted by Crippen LogP contribution is -2.31. The fraction of sp³-hybridized carbons (Fsp3) is 0.438. The van der Waals surface area contributed by atoms with Gasteiger partial charge in [-0.25, -0.2) is 9.97 Å². The van der Waals surface area contributed by atoms with Gasteiger partial charge < -0.3 is 5.32 Å². The lowest BCUT2D eigenvalue weighted by atomic mass is 10.0. The minimum atomic E-state index is -0.304. The molecule has 2 aromatic rings. The van der Waals surface area contributed by atoms with Crippen LogP contribution in [0.3, 0.4) is 0 Å². The summed E-state index contributed by atoms with van der Waals surface area (Å²) in [6.45, 7) is 0.711. The number of aromatic nitrogens is 4. The van der Waals surface area contributed by atoms with Crippen molar-refractivity contribution in [1.29, 1.82) is 0 Å². The van der Waals surface area contributed by atoms with Gasteiger partial charge in [0.15, 0.2) is 0 Å². The van der Waals surface area contributed by atoms with Crippen LogP contribution in [0.2, 0.25) is 0 Å². The molecular weight excluding hydrogens is 294 g/mol. The van der Waals surface area contributed by atoms with Gasteiger partial charge >= 0.3 is 0 Å². The summed E-state index contributed by atoms with van der Waals surface area (Å²) >= 11 is 0. The Kier molecular flexibility index (Phi) is 4.75. The highest BCUT2D eigenvalue weighted by molar-refractivity contribution is 5.91. The van der Waals surface area contributed by atoms with E-state index in [-0.39, 0.29) is 17.2 Å². The summed E-state index contributed by atoms with van der Waals surface area (Å²) < 4.78 is 1.51. The highest BCUT2D eigenvalue weighted by Crippen LogP contribution is 2.32. The minimum absolute atomic E-state index is 0.0735. The molecule has 0 radical (unpaired) electrons. The summed E-state index contributed by atoms with van der Waals surface area (Å²) in [5.41, 5.74) is 1.08. The summed E-state index contributed by atoms with van der Waals surface area (Å²) in [5.74, 6) is 0.121. The first kappa shape index (κ1) is 15.3. The molecule has 2 aromatic heterocycles. The Morgan fingerprint density at radius 2 is 2.09 bits per heavy atom. The second-order valence-corrected chi connectivity index (χ2v) is 5.67. The van der Waals surface area contributed by atoms with Crippen molar-refractivity contribution in [3.05, 3.63) is 52.7 Å². The summed E-state index contributed by atoms with van der Waals surface area (Å²) in [7, 11) is 0. The van der Waals surface area contributed by atoms with Crippen LogP contribution in [-0.2, 0) is 6.54 Å². The first-order valence-corrected chi connectivity index (χ1v) is 7.84. The topological polar surface area (TPSA) is 89.8 Å². The van der Waals surface area contributed by atoms with E-state index < -0.39 is 0 Å². The summed E-state index contributed by atoms with van der Waals surface area (Å²) in [6.07, 6.45) is 10.6. The minimum Gasteiger partial charge on any atom is -0.349 e. The predicted molar refractivity (Wildman–Crippen MR) is 84.1 cm³/mol. The van der Waals surface area contributed by atoms with Gasteiger partial charge in [0, 0.05) is 37.5 Å². The molecule has 1 saturated carbocycles. The molecule has 0 saturated heterocycles. The van der Waals surface area contributed by atoms with Crippen LogP contribution in [0.5, 0.6) is 0 Å². The van der Waals surface area contributed by atoms with E-state index in [0.717, 1.165) is 18.5 Å². The molecule has 3 rings (SSSR count). The summed E-state index contributed by atoms with van der Waals surface area (Å²) in [5, 5.41) is 2.72. The molecule has 0 aliphatic heterocycles. The average Bonchev–Trinajstić information content (AvgIpc) is 3.11. The zero-order valence-corrected chi connectivity index (χ0v) is 12.8. The van der Waals surface area contributed by atoms with Gasteiger partial charge in [-0.05, 0) is 12.8 Å². The Balaban J connectivity index is 1.56. The van der Waals surface area contributed by atoms with Crippen LogP contribution >= 0.6 is 0 Å². The van der Waals surface area contributed by atoms with Crippen LogP contribution < -0.4 is 10.9 Å². The van der Waals surface area contributed by atoms with E-state index in [2.05, 4.69) is 20.3 Å². The number of carbonyl (C=O) groups excluding carboxylic acids is 1. The van der Waals surface area contributed by atoms with Crippen molar-refractivity contribution in [3.63, 3.8) is 0 Å². The fourth-order valence-corrected chi connectivity index (χ4v) is 2.85. The number of nitrogens with zero attached hydrogens (tertiary/aromatic N) is 4. The second kappa shape index (κ2) is 7.13. The third kappa shape index (κ3) is 3.80. The fourth-order valence-electron chi connectivity index (χ4n) is 2.85. The van der Waals surface area contributed by atoms with Crippen LogP contribution in [0, 0.1) is 0 Å². The Hall–Kier alpha value is -2.57. The summed E-state index contributed by atoms with van der Waals surface area (Å²) in [6, 6.07) is 1.63. The maximum absolute atomic E-state index is 12.1. The Morgan fingerprint density at radius 1 is 1.26 bits per heavy atom. The molecule has 7 nitrogen and oxygen atoms in total. The first-order valence-electron chi connectivity index (χ1n) is 7.84. The first-order chi connectivity index (χ1) is 11.2. The molecule has 1 N–H and O–H groups in total. The van der Waals surface area contributed by atoms with Crippen molar-refractivity contribution in [2.45, 2.75) is 38.1 Å². The van der Waals surface area contributed by atoms with Gasteiger partial charge in [0.1, 0.15) is 5.69 Å². The standard InChI is InChI=1S/C16H19N5O2/c22-15-9-13(12-3-1-2-4-12)20-11-21(15)8-7-19-16(23)14-10-17-5-6-18-14/h5-6,9-12H,1-4,7-8H2,(H,19,23). The van der Waals surface area contributed by atoms with E-state index in [1.165, 1.54) is 36.0 Å². The molecule has 1 aliphatic rings. The zero-order chi connectivity index (χ0) is 16.1. The van der Waals surface area contributed by atoms with E-state index in [4.69, 9.17) is 0 Å². The molecule has 1 amide bonds. The third-order valence-electron chi connectivity index (χ3n) is 4.11. The zero-order valence-electron chi connectivity index (χ0n) is 12.8. The van der Waals surface area contributed by atoms with Gasteiger partial charge in [0.05, 0.1) is 18.2 Å². The van der Waals surface area contributed by atoms with Crippen molar-refractivity contribution >= 4 is 5.91 Å². The third-order valence-corrected chi connectivity index (χ3v) is 4.11. The van der Waals surface area contributed by atoms with Crippen molar-refractivity contribution < 1.29 is 4.79 Å². The van der Waals surface area contributed by atoms with Gasteiger partial charge in [-0.3, -0.25) is 19.1 Å². The highest BCUT2D eigenvalue weighted by Gasteiger charge is 2.18. The molecule has 0 spiro atoms. The number of hydrogen-bond acceptors (Lipinski definition) is 5. The van der Waals surface area contributed by atoms with Crippen LogP contribution in [0.15, 0.2) is 35.8 Å². The normalized spacial score (nSPS) is 14.8. The van der Waals surface area contributed by atoms with Crippen molar-refractivity contribution in [1.82, 2.24) is 24.8 Å². The molecule has 23 heavy (non-hydrogen) atoms. The van der Waals surface area contributed by atoms with Crippen molar-refractivity contribution in [2.24, 2.45) is 0 Å². The monoisotopic (exact) mass is 313 g/mol. The second-order valence-electron chi connectivity index (χ2n) is 5.67. The Morgan fingerprint density at radius 3 is 2.78 bits per heavy atom. The molecule has 2 heterocycles. The highest BCUT2D eigenvalue weighted by atomic mass is 16.2. The molecule has 0 atom stereocenters. The molecule has 120 valence electrons. The average molecular weight is 313 g/mol. The molecule has 1 aliphatic carbocycles. The Bertz CT molecular complexity index is 723. The van der Waals surface area contributed by atoms with E-state index in [1.807, 2.05) is 0 Å². The molecule has 0 unspecified atom stereocenters. The number of nitrogens with one attached hydrogen (secondary N) is 1. The molecular formula is C16H19N5O2. The van der Waals surface area contributed by atoms with Crippen LogP contribution in [0.4, 0.5) is 0 Å². The van der Waals surface area contributed by atoms with Gasteiger partial charge in [0.2, 0.25) is 0 Å². The number of hydrogen-bond donors (Lipinski definition) is 1. The van der Waals surface area contributed by atoms with Gasteiger partial charge in [-0.2, -0.15) is 0 Å². The molecule has 7 heteroatoms. The van der Waals surface area contributed by atoms with Gasteiger partial charge in [-0.1, -0.05) is 12.8 Å². The number of carbonyl (C=O) groups is 1. The lowest BCUT2D eigenvalue weighted by Gasteiger charge is -2.10. The predicted octanol–water partition coefficient (Wildman–Crippen LogP) is 1.12. The maximum atomic E-state index is 12.1. The number of rotatable bonds is 5. The number of amides is 1. The van der Waals surface area contributed by atoms with Crippen molar-refractivity contribution in [3.8, 4) is 0 Å². The molecule has 1 fully saturated rings. The smallest absolute Gasteiger partial charge is 0.271 e. The van der Waals surface area contributed by atoms with Crippen LogP contribution in [-0.4, -0.2) is 32.0 Å². The van der Waals surface area contributed by atoms with E-state index in [0.29, 0.717) is 19.0 Å². The van der Waals surface area contributed by atoms with Gasteiger partial charge in [0.25, 0.3) is 11.5 Å². The van der Waals surface area contributed by atoms with E-state index in [9.17, 15) is 9.59 Å². The quantitative estimate of drug-likeness (QED) is 0.893. The summed E-state index contributed by atoms with van der Waals surface area (Å²) in [4.78, 5) is 36.1. The van der Waals surface area contributed by atoms with E-state index in [1.54, 1.807) is 12.4 Å². The SMILES string of the molecule is O=C(NCCn1cnc(C2CCCC2)cc1=O)c1cnccn1. The van der Waals surface area contributed by atoms with Gasteiger partial charge in [-0.15, -0.1) is 0 Å². The van der Waals surface area contributed by atoms with Crippen LogP contribution in [0.1, 0.15) is 47.8 Å². The largest absolute Gasteiger partial charge is 0.349 e. The van der Waals surface area contributed by atoms with Crippen LogP contribution in [0.25, 0.3) is 0 Å². The maximum Gasteiger partial charge on any atom is 0.271 e. The Labute approximate surface area is 133 Å².